The van der Waals surface area contributed by atoms with Crippen molar-refractivity contribution >= 4 is 23.5 Å². The average molecular weight is 241 g/mol. The highest BCUT2D eigenvalue weighted by molar-refractivity contribution is 7.98. The van der Waals surface area contributed by atoms with E-state index in [1.807, 2.05) is 31.8 Å². The number of nitrogens with two attached hydrogens (primary N) is 1. The lowest BCUT2D eigenvalue weighted by Crippen LogP contribution is -2.32. The molecule has 0 saturated carbocycles. The van der Waals surface area contributed by atoms with Crippen LogP contribution < -0.4 is 16.2 Å². The Morgan fingerprint density at radius 1 is 1.56 bits per heavy atom. The number of nitrogen functional groups attached to an aromatic ring is 1. The molecule has 5 nitrogen and oxygen atoms in total. The maximum absolute atomic E-state index is 5.32. The van der Waals surface area contributed by atoms with E-state index in [0.29, 0.717) is 12.0 Å². The Morgan fingerprint density at radius 2 is 2.25 bits per heavy atom. The van der Waals surface area contributed by atoms with Crippen molar-refractivity contribution in [1.29, 1.82) is 0 Å². The molecule has 0 aromatic carbocycles. The predicted octanol–water partition coefficient (Wildman–Crippen LogP) is 1.26. The summed E-state index contributed by atoms with van der Waals surface area (Å²) in [6, 6.07) is 2.38. The molecule has 1 aromatic rings. The fourth-order valence-corrected chi connectivity index (χ4v) is 2.08. The van der Waals surface area contributed by atoms with Crippen LogP contribution in [0.4, 0.5) is 11.8 Å². The SMILES string of the molecule is CSCC(C)N(C)c1cc(C)nc(NN)n1. The van der Waals surface area contributed by atoms with Gasteiger partial charge in [0.25, 0.3) is 0 Å². The zero-order valence-corrected chi connectivity index (χ0v) is 11.0. The molecule has 1 unspecified atom stereocenters. The zero-order valence-electron chi connectivity index (χ0n) is 10.2. The van der Waals surface area contributed by atoms with E-state index < -0.39 is 0 Å². The number of thioether (sulfide) groups is 1. The van der Waals surface area contributed by atoms with E-state index in [4.69, 9.17) is 5.84 Å². The molecular formula is C10H19N5S. The summed E-state index contributed by atoms with van der Waals surface area (Å²) in [5, 5.41) is 0. The third kappa shape index (κ3) is 3.24. The molecule has 0 radical (unpaired) electrons. The van der Waals surface area contributed by atoms with Gasteiger partial charge in [-0.05, 0) is 20.1 Å². The smallest absolute Gasteiger partial charge is 0.239 e. The monoisotopic (exact) mass is 241 g/mol. The van der Waals surface area contributed by atoms with Crippen molar-refractivity contribution in [3.05, 3.63) is 11.8 Å². The van der Waals surface area contributed by atoms with Crippen LogP contribution in [-0.4, -0.2) is 35.1 Å². The first-order chi connectivity index (χ1) is 7.58. The van der Waals surface area contributed by atoms with E-state index in [1.54, 1.807) is 0 Å². The number of hydrazine groups is 1. The molecule has 0 amide bonds. The van der Waals surface area contributed by atoms with Crippen LogP contribution in [0, 0.1) is 6.92 Å². The Balaban J connectivity index is 2.89. The second-order valence-electron chi connectivity index (χ2n) is 3.75. The summed E-state index contributed by atoms with van der Waals surface area (Å²) < 4.78 is 0. The van der Waals surface area contributed by atoms with Crippen LogP contribution in [0.5, 0.6) is 0 Å². The van der Waals surface area contributed by atoms with E-state index in [2.05, 4.69) is 33.5 Å². The Bertz CT molecular complexity index is 344. The van der Waals surface area contributed by atoms with Crippen molar-refractivity contribution in [2.24, 2.45) is 5.84 Å². The number of hydrogen-bond acceptors (Lipinski definition) is 6. The maximum Gasteiger partial charge on any atom is 0.239 e. The first-order valence-electron chi connectivity index (χ1n) is 5.12. The van der Waals surface area contributed by atoms with Crippen LogP contribution in [-0.2, 0) is 0 Å². The molecule has 0 aliphatic heterocycles. The summed E-state index contributed by atoms with van der Waals surface area (Å²) in [7, 11) is 2.03. The predicted molar refractivity (Wildman–Crippen MR) is 70.8 cm³/mol. The fraction of sp³-hybridized carbons (Fsp3) is 0.600. The van der Waals surface area contributed by atoms with Crippen molar-refractivity contribution in [3.63, 3.8) is 0 Å². The third-order valence-electron chi connectivity index (χ3n) is 2.40. The zero-order chi connectivity index (χ0) is 12.1. The summed E-state index contributed by atoms with van der Waals surface area (Å²) in [6.45, 7) is 4.10. The van der Waals surface area contributed by atoms with Crippen LogP contribution >= 0.6 is 11.8 Å². The number of rotatable bonds is 5. The van der Waals surface area contributed by atoms with Gasteiger partial charge in [-0.2, -0.15) is 16.7 Å². The number of hydrogen-bond donors (Lipinski definition) is 2. The highest BCUT2D eigenvalue weighted by Gasteiger charge is 2.12. The standard InChI is InChI=1S/C10H19N5S/c1-7-5-9(13-10(12-7)14-11)15(3)8(2)6-16-4/h5,8H,6,11H2,1-4H3,(H,12,13,14). The summed E-state index contributed by atoms with van der Waals surface area (Å²) in [5.41, 5.74) is 3.38. The van der Waals surface area contributed by atoms with Gasteiger partial charge in [0.1, 0.15) is 5.82 Å². The molecule has 1 rings (SSSR count). The minimum atomic E-state index is 0.426. The number of nitrogens with zero attached hydrogens (tertiary/aromatic N) is 3. The molecule has 1 heterocycles. The topological polar surface area (TPSA) is 67.1 Å². The molecule has 90 valence electrons. The lowest BCUT2D eigenvalue weighted by molar-refractivity contribution is 0.751. The van der Waals surface area contributed by atoms with Crippen LogP contribution in [0.1, 0.15) is 12.6 Å². The number of aromatic nitrogens is 2. The molecule has 3 N–H and O–H groups in total. The van der Waals surface area contributed by atoms with Crippen molar-refractivity contribution in [3.8, 4) is 0 Å². The molecule has 0 bridgehead atoms. The number of anilines is 2. The molecular weight excluding hydrogens is 222 g/mol. The van der Waals surface area contributed by atoms with Gasteiger partial charge in [0.2, 0.25) is 5.95 Å². The second kappa shape index (κ2) is 5.91. The normalized spacial score (nSPS) is 12.3. The fourth-order valence-electron chi connectivity index (χ4n) is 1.38. The Morgan fingerprint density at radius 3 is 2.81 bits per heavy atom. The molecule has 0 aliphatic carbocycles. The highest BCUT2D eigenvalue weighted by Crippen LogP contribution is 2.16. The summed E-state index contributed by atoms with van der Waals surface area (Å²) in [6.07, 6.45) is 2.10. The first kappa shape index (κ1) is 13.1. The minimum absolute atomic E-state index is 0.426. The molecule has 16 heavy (non-hydrogen) atoms. The number of nitrogens with one attached hydrogen (secondary N) is 1. The van der Waals surface area contributed by atoms with Crippen LogP contribution in [0.15, 0.2) is 6.07 Å². The maximum atomic E-state index is 5.32. The van der Waals surface area contributed by atoms with Gasteiger partial charge in [0.05, 0.1) is 0 Å². The Kier molecular flexibility index (Phi) is 4.82. The van der Waals surface area contributed by atoms with E-state index in [9.17, 15) is 0 Å². The van der Waals surface area contributed by atoms with Crippen molar-refractivity contribution in [1.82, 2.24) is 9.97 Å². The van der Waals surface area contributed by atoms with Crippen molar-refractivity contribution in [2.45, 2.75) is 19.9 Å². The minimum Gasteiger partial charge on any atom is -0.356 e. The largest absolute Gasteiger partial charge is 0.356 e. The molecule has 0 saturated heterocycles. The molecule has 1 aromatic heterocycles. The summed E-state index contributed by atoms with van der Waals surface area (Å²) >= 11 is 1.82. The van der Waals surface area contributed by atoms with Crippen molar-refractivity contribution in [2.75, 3.05) is 29.4 Å². The lowest BCUT2D eigenvalue weighted by Gasteiger charge is -2.25. The summed E-state index contributed by atoms with van der Waals surface area (Å²) in [5.74, 6) is 7.73. The average Bonchev–Trinajstić information content (AvgIpc) is 2.27. The van der Waals surface area contributed by atoms with E-state index in [0.717, 1.165) is 17.3 Å². The molecule has 0 spiro atoms. The Hall–Kier alpha value is -1.01. The van der Waals surface area contributed by atoms with Gasteiger partial charge < -0.3 is 4.90 Å². The molecule has 0 fully saturated rings. The van der Waals surface area contributed by atoms with Crippen LogP contribution in [0.3, 0.4) is 0 Å². The lowest BCUT2D eigenvalue weighted by atomic mass is 10.3. The molecule has 6 heteroatoms. The molecule has 1 atom stereocenters. The van der Waals surface area contributed by atoms with Gasteiger partial charge in [-0.1, -0.05) is 0 Å². The van der Waals surface area contributed by atoms with Crippen LogP contribution in [0.25, 0.3) is 0 Å². The van der Waals surface area contributed by atoms with Gasteiger partial charge in [-0.3, -0.25) is 5.43 Å². The first-order valence-corrected chi connectivity index (χ1v) is 6.52. The van der Waals surface area contributed by atoms with Gasteiger partial charge >= 0.3 is 0 Å². The van der Waals surface area contributed by atoms with Gasteiger partial charge in [-0.25, -0.2) is 10.8 Å². The third-order valence-corrected chi connectivity index (χ3v) is 3.22. The van der Waals surface area contributed by atoms with Gasteiger partial charge in [0.15, 0.2) is 0 Å². The molecule has 0 aliphatic rings. The number of aryl methyl sites for hydroxylation is 1. The van der Waals surface area contributed by atoms with Gasteiger partial charge in [0, 0.05) is 30.6 Å². The second-order valence-corrected chi connectivity index (χ2v) is 4.66. The quantitative estimate of drug-likeness (QED) is 0.597. The van der Waals surface area contributed by atoms with Crippen molar-refractivity contribution < 1.29 is 0 Å². The van der Waals surface area contributed by atoms with Crippen LogP contribution in [0.2, 0.25) is 0 Å². The van der Waals surface area contributed by atoms with Gasteiger partial charge in [-0.15, -0.1) is 0 Å². The summed E-state index contributed by atoms with van der Waals surface area (Å²) in [4.78, 5) is 10.6. The Labute approximate surface area is 101 Å². The van der Waals surface area contributed by atoms with E-state index in [1.165, 1.54) is 0 Å². The van der Waals surface area contributed by atoms with E-state index in [-0.39, 0.29) is 0 Å². The van der Waals surface area contributed by atoms with E-state index >= 15 is 0 Å². The highest BCUT2D eigenvalue weighted by atomic mass is 32.2.